The minimum absolute atomic E-state index is 0.167. The third-order valence-electron chi connectivity index (χ3n) is 7.90. The Morgan fingerprint density at radius 1 is 0.767 bits per heavy atom. The maximum absolute atomic E-state index is 12.8. The number of hydrogen-bond donors (Lipinski definition) is 2. The predicted molar refractivity (Wildman–Crippen MR) is 166 cm³/mol. The fraction of sp³-hybridized carbons (Fsp3) is 0.419. The molecule has 0 amide bonds. The second kappa shape index (κ2) is 13.2. The number of aromatic nitrogens is 4. The van der Waals surface area contributed by atoms with Crippen molar-refractivity contribution in [1.82, 2.24) is 19.1 Å². The molecule has 222 valence electrons. The van der Waals surface area contributed by atoms with E-state index in [2.05, 4.69) is 22.1 Å². The average Bonchev–Trinajstić information content (AvgIpc) is 3.91. The van der Waals surface area contributed by atoms with Gasteiger partial charge >= 0.3 is 0 Å². The third kappa shape index (κ3) is 6.58. The maximum atomic E-state index is 12.8. The fourth-order valence-electron chi connectivity index (χ4n) is 5.23. The number of nitrogens with zero attached hydrogens (tertiary/aromatic N) is 6. The van der Waals surface area contributed by atoms with E-state index in [1.165, 1.54) is 4.57 Å². The Kier molecular flexibility index (Phi) is 9.43. The summed E-state index contributed by atoms with van der Waals surface area (Å²) in [5.41, 5.74) is 13.3. The van der Waals surface area contributed by atoms with Crippen LogP contribution in [0.5, 0.6) is 0 Å². The molecule has 2 heterocycles. The molecule has 10 nitrogen and oxygen atoms in total. The van der Waals surface area contributed by atoms with Crippen molar-refractivity contribution in [3.05, 3.63) is 78.8 Å². The van der Waals surface area contributed by atoms with E-state index in [9.17, 15) is 9.59 Å². The molecule has 43 heavy (non-hydrogen) atoms. The molecule has 2 fully saturated rings. The van der Waals surface area contributed by atoms with Crippen molar-refractivity contribution in [2.45, 2.75) is 70.1 Å². The number of halogens is 2. The topological polar surface area (TPSA) is 169 Å². The Morgan fingerprint density at radius 2 is 1.21 bits per heavy atom. The molecule has 2 atom stereocenters. The molecule has 0 aliphatic heterocycles. The SMILES string of the molecule is N#CCCCn1c(C(N)C2CC2)nc2cccc(Cl)c2c1=O.N#CCCn1c(C(N)C2CC2)nc2cccc(Cl)c2c1=O. The van der Waals surface area contributed by atoms with E-state index < -0.39 is 0 Å². The number of nitrogens with two attached hydrogens (primary N) is 2. The van der Waals surface area contributed by atoms with Crippen LogP contribution in [0.15, 0.2) is 46.0 Å². The van der Waals surface area contributed by atoms with Crippen LogP contribution in [0.3, 0.4) is 0 Å². The van der Waals surface area contributed by atoms with Crippen molar-refractivity contribution in [3.8, 4) is 12.1 Å². The normalized spacial score (nSPS) is 15.8. The summed E-state index contributed by atoms with van der Waals surface area (Å²) in [7, 11) is 0. The molecule has 6 rings (SSSR count). The monoisotopic (exact) mass is 618 g/mol. The second-order valence-corrected chi connectivity index (χ2v) is 11.8. The van der Waals surface area contributed by atoms with Crippen LogP contribution in [-0.4, -0.2) is 19.1 Å². The molecule has 2 saturated carbocycles. The van der Waals surface area contributed by atoms with E-state index in [-0.39, 0.29) is 29.6 Å². The van der Waals surface area contributed by atoms with Crippen LogP contribution >= 0.6 is 23.2 Å². The summed E-state index contributed by atoms with van der Waals surface area (Å²) >= 11 is 12.3. The molecule has 0 radical (unpaired) electrons. The van der Waals surface area contributed by atoms with Gasteiger partial charge in [-0.1, -0.05) is 35.3 Å². The Morgan fingerprint density at radius 3 is 1.63 bits per heavy atom. The zero-order chi connectivity index (χ0) is 30.7. The van der Waals surface area contributed by atoms with Gasteiger partial charge in [0.2, 0.25) is 0 Å². The van der Waals surface area contributed by atoms with Gasteiger partial charge in [0.25, 0.3) is 11.1 Å². The van der Waals surface area contributed by atoms with Gasteiger partial charge in [0, 0.05) is 19.5 Å². The molecule has 2 unspecified atom stereocenters. The molecule has 2 aromatic carbocycles. The van der Waals surface area contributed by atoms with E-state index >= 15 is 0 Å². The van der Waals surface area contributed by atoms with Gasteiger partial charge in [0.1, 0.15) is 11.6 Å². The predicted octanol–water partition coefficient (Wildman–Crippen LogP) is 5.14. The Bertz CT molecular complexity index is 1870. The average molecular weight is 620 g/mol. The van der Waals surface area contributed by atoms with Gasteiger partial charge in [-0.25, -0.2) is 9.97 Å². The summed E-state index contributed by atoms with van der Waals surface area (Å²) in [6.45, 7) is 0.732. The molecule has 2 aromatic heterocycles. The van der Waals surface area contributed by atoms with Crippen molar-refractivity contribution in [2.24, 2.45) is 23.3 Å². The van der Waals surface area contributed by atoms with Crippen LogP contribution in [0.25, 0.3) is 21.8 Å². The molecule has 0 spiro atoms. The van der Waals surface area contributed by atoms with Crippen LogP contribution in [0, 0.1) is 34.5 Å². The third-order valence-corrected chi connectivity index (χ3v) is 8.53. The van der Waals surface area contributed by atoms with Crippen LogP contribution < -0.4 is 22.6 Å². The van der Waals surface area contributed by atoms with Gasteiger partial charge in [-0.15, -0.1) is 0 Å². The smallest absolute Gasteiger partial charge is 0.262 e. The Labute approximate surface area is 258 Å². The molecule has 4 aromatic rings. The molecular formula is C31H32Cl2N8O2. The molecular weight excluding hydrogens is 587 g/mol. The van der Waals surface area contributed by atoms with Crippen molar-refractivity contribution in [2.75, 3.05) is 0 Å². The lowest BCUT2D eigenvalue weighted by Gasteiger charge is -2.18. The first kappa shape index (κ1) is 30.7. The second-order valence-electron chi connectivity index (χ2n) is 11.0. The van der Waals surface area contributed by atoms with Crippen molar-refractivity contribution >= 4 is 45.0 Å². The number of fused-ring (bicyclic) bond motifs is 2. The van der Waals surface area contributed by atoms with Crippen LogP contribution in [0.2, 0.25) is 10.0 Å². The summed E-state index contributed by atoms with van der Waals surface area (Å²) in [6, 6.07) is 14.1. The molecule has 0 saturated heterocycles. The first-order valence-corrected chi connectivity index (χ1v) is 15.1. The molecule has 2 aliphatic carbocycles. The number of rotatable bonds is 9. The van der Waals surface area contributed by atoms with Crippen molar-refractivity contribution < 1.29 is 0 Å². The van der Waals surface area contributed by atoms with E-state index in [0.29, 0.717) is 81.3 Å². The molecule has 12 heteroatoms. The summed E-state index contributed by atoms with van der Waals surface area (Å²) in [6.07, 6.45) is 5.49. The highest BCUT2D eigenvalue weighted by molar-refractivity contribution is 6.35. The van der Waals surface area contributed by atoms with Gasteiger partial charge in [-0.05, 0) is 68.2 Å². The van der Waals surface area contributed by atoms with Gasteiger partial charge in [0.05, 0.1) is 62.5 Å². The quantitative estimate of drug-likeness (QED) is 0.243. The molecule has 0 bridgehead atoms. The molecule has 2 aliphatic rings. The number of hydrogen-bond acceptors (Lipinski definition) is 8. The van der Waals surface area contributed by atoms with Crippen molar-refractivity contribution in [3.63, 3.8) is 0 Å². The van der Waals surface area contributed by atoms with E-state index in [1.54, 1.807) is 41.0 Å². The van der Waals surface area contributed by atoms with Crippen molar-refractivity contribution in [1.29, 1.82) is 10.5 Å². The Balaban J connectivity index is 0.000000171. The highest BCUT2D eigenvalue weighted by Gasteiger charge is 2.34. The van der Waals surface area contributed by atoms with E-state index in [1.807, 2.05) is 0 Å². The summed E-state index contributed by atoms with van der Waals surface area (Å²) in [5, 5.41) is 19.1. The minimum Gasteiger partial charge on any atom is -0.321 e. The van der Waals surface area contributed by atoms with Crippen LogP contribution in [-0.2, 0) is 13.1 Å². The maximum Gasteiger partial charge on any atom is 0.262 e. The number of nitriles is 2. The van der Waals surface area contributed by atoms with Crippen LogP contribution in [0.4, 0.5) is 0 Å². The highest BCUT2D eigenvalue weighted by Crippen LogP contribution is 2.40. The first-order chi connectivity index (χ1) is 20.8. The first-order valence-electron chi connectivity index (χ1n) is 14.4. The largest absolute Gasteiger partial charge is 0.321 e. The van der Waals surface area contributed by atoms with Crippen LogP contribution in [0.1, 0.15) is 68.7 Å². The van der Waals surface area contributed by atoms with Gasteiger partial charge in [-0.2, -0.15) is 10.5 Å². The molecule has 4 N–H and O–H groups in total. The van der Waals surface area contributed by atoms with E-state index in [4.69, 9.17) is 45.2 Å². The lowest BCUT2D eigenvalue weighted by atomic mass is 10.1. The lowest BCUT2D eigenvalue weighted by Crippen LogP contribution is -2.30. The zero-order valence-corrected chi connectivity index (χ0v) is 25.1. The standard InChI is InChI=1S/C16H17ClN4O.C15H15ClN4O/c17-11-4-3-5-12-13(11)16(22)21(9-2-1-8-18)15(20-12)14(19)10-6-7-10;16-10-3-1-4-11-12(10)15(21)20(8-2-7-17)14(19-11)13(18)9-5-6-9/h3-5,10,14H,1-2,6-7,9,19H2;1,3-4,9,13H,2,5-6,8,18H2. The van der Waals surface area contributed by atoms with Gasteiger partial charge in [0.15, 0.2) is 0 Å². The fourth-order valence-corrected chi connectivity index (χ4v) is 5.73. The summed E-state index contributed by atoms with van der Waals surface area (Å²) < 4.78 is 3.12. The summed E-state index contributed by atoms with van der Waals surface area (Å²) in [5.74, 6) is 1.94. The number of benzene rings is 2. The minimum atomic E-state index is -0.264. The number of unbranched alkanes of at least 4 members (excludes halogenated alkanes) is 1. The lowest BCUT2D eigenvalue weighted by molar-refractivity contribution is 0.511. The summed E-state index contributed by atoms with van der Waals surface area (Å²) in [4.78, 5) is 34.7. The highest BCUT2D eigenvalue weighted by atomic mass is 35.5. The zero-order valence-electron chi connectivity index (χ0n) is 23.5. The van der Waals surface area contributed by atoms with E-state index in [0.717, 1.165) is 25.7 Å². The Hall–Kier alpha value is -3.80. The van der Waals surface area contributed by atoms with Gasteiger partial charge < -0.3 is 11.5 Å². The van der Waals surface area contributed by atoms with Gasteiger partial charge in [-0.3, -0.25) is 18.7 Å².